The number of nitrogens with one attached hydrogen (secondary N) is 2. The molecular formula is C33H37ClN4O6. The minimum atomic E-state index is -1.02. The molecule has 3 aromatic carbocycles. The van der Waals surface area contributed by atoms with E-state index in [9.17, 15) is 19.2 Å². The first-order valence-corrected chi connectivity index (χ1v) is 14.8. The third-order valence-corrected chi connectivity index (χ3v) is 7.51. The van der Waals surface area contributed by atoms with E-state index in [-0.39, 0.29) is 56.5 Å². The maximum absolute atomic E-state index is 13.6. The van der Waals surface area contributed by atoms with Gasteiger partial charge in [-0.05, 0) is 48.4 Å². The van der Waals surface area contributed by atoms with Crippen molar-refractivity contribution in [1.82, 2.24) is 20.4 Å². The number of rotatable bonds is 7. The molecule has 44 heavy (non-hydrogen) atoms. The Morgan fingerprint density at radius 2 is 1.70 bits per heavy atom. The summed E-state index contributed by atoms with van der Waals surface area (Å²) in [5, 5.41) is 6.24. The Hall–Kier alpha value is -4.57. The molecule has 4 amide bonds. The summed E-state index contributed by atoms with van der Waals surface area (Å²) in [5.74, 6) is -0.629. The van der Waals surface area contributed by atoms with Crippen molar-refractivity contribution in [3.63, 3.8) is 0 Å². The minimum absolute atomic E-state index is 0.0178. The number of amides is 4. The quantitative estimate of drug-likeness (QED) is 0.419. The highest BCUT2D eigenvalue weighted by molar-refractivity contribution is 6.30. The molecule has 3 aromatic rings. The van der Waals surface area contributed by atoms with Gasteiger partial charge in [-0.1, -0.05) is 54.1 Å². The van der Waals surface area contributed by atoms with Gasteiger partial charge in [0.05, 0.1) is 18.7 Å². The number of benzene rings is 3. The molecule has 1 aliphatic heterocycles. The number of hydrogen-bond acceptors (Lipinski definition) is 6. The van der Waals surface area contributed by atoms with E-state index in [0.717, 1.165) is 5.56 Å². The number of ether oxygens (including phenoxy) is 2. The molecule has 0 saturated heterocycles. The number of hydrogen-bond donors (Lipinski definition) is 2. The Morgan fingerprint density at radius 1 is 1.00 bits per heavy atom. The van der Waals surface area contributed by atoms with Crippen LogP contribution in [0.5, 0.6) is 11.5 Å². The summed E-state index contributed by atoms with van der Waals surface area (Å²) < 4.78 is 11.6. The lowest BCUT2D eigenvalue weighted by Crippen LogP contribution is -2.50. The summed E-state index contributed by atoms with van der Waals surface area (Å²) in [7, 11) is 3.25. The van der Waals surface area contributed by atoms with E-state index >= 15 is 0 Å². The Bertz CT molecular complexity index is 1440. The van der Waals surface area contributed by atoms with Gasteiger partial charge < -0.3 is 29.9 Å². The second kappa shape index (κ2) is 15.8. The van der Waals surface area contributed by atoms with E-state index in [1.807, 2.05) is 30.3 Å². The fourth-order valence-corrected chi connectivity index (χ4v) is 4.87. The average Bonchev–Trinajstić information content (AvgIpc) is 3.03. The van der Waals surface area contributed by atoms with Crippen molar-refractivity contribution in [2.45, 2.75) is 31.3 Å². The first-order valence-electron chi connectivity index (χ1n) is 14.5. The van der Waals surface area contributed by atoms with Crippen LogP contribution in [-0.2, 0) is 20.8 Å². The van der Waals surface area contributed by atoms with E-state index in [2.05, 4.69) is 10.6 Å². The van der Waals surface area contributed by atoms with Crippen LogP contribution in [0.2, 0.25) is 5.02 Å². The largest absolute Gasteiger partial charge is 0.492 e. The fourth-order valence-electron chi connectivity index (χ4n) is 4.74. The van der Waals surface area contributed by atoms with Gasteiger partial charge in [0.2, 0.25) is 17.7 Å². The Morgan fingerprint density at radius 3 is 2.45 bits per heavy atom. The summed E-state index contributed by atoms with van der Waals surface area (Å²) in [6, 6.07) is 21.2. The van der Waals surface area contributed by atoms with Crippen LogP contribution in [0.25, 0.3) is 0 Å². The molecule has 0 fully saturated rings. The molecule has 11 heteroatoms. The van der Waals surface area contributed by atoms with Crippen LogP contribution in [0.3, 0.4) is 0 Å². The van der Waals surface area contributed by atoms with Gasteiger partial charge in [-0.25, -0.2) is 0 Å². The van der Waals surface area contributed by atoms with Gasteiger partial charge in [-0.3, -0.25) is 19.2 Å². The van der Waals surface area contributed by atoms with Crippen LogP contribution in [-0.4, -0.2) is 85.9 Å². The molecule has 0 radical (unpaired) electrons. The Labute approximate surface area is 262 Å². The first-order chi connectivity index (χ1) is 21.2. The monoisotopic (exact) mass is 620 g/mol. The molecule has 2 atom stereocenters. The smallest absolute Gasteiger partial charge is 0.255 e. The van der Waals surface area contributed by atoms with Crippen LogP contribution >= 0.6 is 11.6 Å². The SMILES string of the molecule is CN1CCOc2ccccc2C(=O)N[C@H](C(=O)N(C)CCOc2ccc(Cl)cc2)CCC(=O)N[C@@H](Cc2ccccc2)C1=O. The number of carbonyl (C=O) groups excluding carboxylic acids is 4. The predicted molar refractivity (Wildman–Crippen MR) is 167 cm³/mol. The summed E-state index contributed by atoms with van der Waals surface area (Å²) in [6.45, 7) is 0.801. The van der Waals surface area contributed by atoms with E-state index in [4.69, 9.17) is 21.1 Å². The zero-order valence-electron chi connectivity index (χ0n) is 24.8. The topological polar surface area (TPSA) is 117 Å². The molecule has 0 aromatic heterocycles. The lowest BCUT2D eigenvalue weighted by molar-refractivity contribution is -0.136. The van der Waals surface area contributed by atoms with E-state index < -0.39 is 23.9 Å². The summed E-state index contributed by atoms with van der Waals surface area (Å²) in [4.78, 5) is 56.5. The number of halogens is 1. The van der Waals surface area contributed by atoms with Crippen molar-refractivity contribution in [2.24, 2.45) is 0 Å². The molecule has 1 aliphatic rings. The van der Waals surface area contributed by atoms with Gasteiger partial charge in [0.25, 0.3) is 5.91 Å². The molecule has 0 aliphatic carbocycles. The number of para-hydroxylation sites is 1. The van der Waals surface area contributed by atoms with Crippen LogP contribution in [0, 0.1) is 0 Å². The number of nitrogens with zero attached hydrogens (tertiary/aromatic N) is 2. The maximum Gasteiger partial charge on any atom is 0.255 e. The molecule has 4 rings (SSSR count). The standard InChI is InChI=1S/C33H37ClN4O6/c1-37(18-20-43-25-14-12-24(34)13-15-25)32(41)27-16-17-30(39)35-28(22-23-8-4-3-5-9-23)33(42)38(2)19-21-44-29-11-7-6-10-26(29)31(40)36-27/h3-15,27-28H,16-22H2,1-2H3,(H,35,39)(H,36,40)/t27-,28-/m0/s1. The van der Waals surface area contributed by atoms with Crippen molar-refractivity contribution in [3.8, 4) is 11.5 Å². The summed E-state index contributed by atoms with van der Waals surface area (Å²) in [6.07, 6.45) is 0.227. The lowest BCUT2D eigenvalue weighted by Gasteiger charge is -2.26. The highest BCUT2D eigenvalue weighted by Crippen LogP contribution is 2.19. The van der Waals surface area contributed by atoms with E-state index in [1.54, 1.807) is 62.6 Å². The number of likely N-dealkylation sites (N-methyl/N-ethyl adjacent to an activating group) is 2. The van der Waals surface area contributed by atoms with Gasteiger partial charge in [0.1, 0.15) is 36.8 Å². The highest BCUT2D eigenvalue weighted by Gasteiger charge is 2.29. The molecular weight excluding hydrogens is 584 g/mol. The van der Waals surface area contributed by atoms with Crippen molar-refractivity contribution in [2.75, 3.05) is 40.4 Å². The minimum Gasteiger partial charge on any atom is -0.492 e. The second-order valence-corrected chi connectivity index (χ2v) is 11.0. The first kappa shape index (κ1) is 32.3. The molecule has 0 saturated carbocycles. The van der Waals surface area contributed by atoms with Crippen LogP contribution in [0.15, 0.2) is 78.9 Å². The van der Waals surface area contributed by atoms with E-state index in [1.165, 1.54) is 9.80 Å². The predicted octanol–water partition coefficient (Wildman–Crippen LogP) is 3.33. The molecule has 0 unspecified atom stereocenters. The van der Waals surface area contributed by atoms with Crippen molar-refractivity contribution < 1.29 is 28.7 Å². The van der Waals surface area contributed by atoms with Crippen molar-refractivity contribution >= 4 is 35.2 Å². The molecule has 232 valence electrons. The van der Waals surface area contributed by atoms with Crippen LogP contribution in [0.1, 0.15) is 28.8 Å². The maximum atomic E-state index is 13.6. The molecule has 2 N–H and O–H groups in total. The normalized spacial score (nSPS) is 18.1. The zero-order chi connectivity index (χ0) is 31.5. The molecule has 1 heterocycles. The van der Waals surface area contributed by atoms with Gasteiger partial charge in [-0.15, -0.1) is 0 Å². The van der Waals surface area contributed by atoms with Crippen LogP contribution < -0.4 is 20.1 Å². The van der Waals surface area contributed by atoms with Gasteiger partial charge in [-0.2, -0.15) is 0 Å². The second-order valence-electron chi connectivity index (χ2n) is 10.5. The highest BCUT2D eigenvalue weighted by atomic mass is 35.5. The van der Waals surface area contributed by atoms with E-state index in [0.29, 0.717) is 22.9 Å². The molecule has 0 bridgehead atoms. The van der Waals surface area contributed by atoms with Gasteiger partial charge in [0, 0.05) is 32.0 Å². The summed E-state index contributed by atoms with van der Waals surface area (Å²) in [5.41, 5.74) is 1.14. The summed E-state index contributed by atoms with van der Waals surface area (Å²) >= 11 is 5.93. The molecule has 10 nitrogen and oxygen atoms in total. The number of fused-ring (bicyclic) bond motifs is 1. The Kier molecular flexibility index (Phi) is 11.6. The van der Waals surface area contributed by atoms with Gasteiger partial charge >= 0.3 is 0 Å². The lowest BCUT2D eigenvalue weighted by atomic mass is 10.0. The van der Waals surface area contributed by atoms with Gasteiger partial charge in [0.15, 0.2) is 0 Å². The zero-order valence-corrected chi connectivity index (χ0v) is 25.6. The third-order valence-electron chi connectivity index (χ3n) is 7.26. The van der Waals surface area contributed by atoms with Crippen molar-refractivity contribution in [3.05, 3.63) is 95.0 Å². The Balaban J connectivity index is 1.52. The van der Waals surface area contributed by atoms with Crippen molar-refractivity contribution in [1.29, 1.82) is 0 Å². The average molecular weight is 621 g/mol. The molecule has 0 spiro atoms. The fraction of sp³-hybridized carbons (Fsp3) is 0.333. The van der Waals surface area contributed by atoms with Crippen LogP contribution in [0.4, 0.5) is 0 Å². The third kappa shape index (κ3) is 9.21. The number of carbonyl (C=O) groups is 4.